The van der Waals surface area contributed by atoms with Crippen molar-refractivity contribution in [1.29, 1.82) is 0 Å². The third-order valence-electron chi connectivity index (χ3n) is 2.27. The molecule has 0 aliphatic carbocycles. The zero-order valence-electron chi connectivity index (χ0n) is 8.73. The maximum atomic E-state index is 11.4. The van der Waals surface area contributed by atoms with E-state index < -0.39 is 26.7 Å². The molecule has 1 atom stereocenters. The molecule has 0 aromatic heterocycles. The number of carbonyl (C=O) groups excluding carboxylic acids is 1. The van der Waals surface area contributed by atoms with Crippen LogP contribution in [0.4, 0.5) is 0 Å². The standard InChI is InChI=1S/C8H13Cl2NO4S/c1-2-16(13,14)4-6-3-11(5-15-6)8(12)7(9)10/h6-7H,2-5H2,1H3. The van der Waals surface area contributed by atoms with Crippen molar-refractivity contribution < 1.29 is 17.9 Å². The highest BCUT2D eigenvalue weighted by Gasteiger charge is 2.32. The van der Waals surface area contributed by atoms with Crippen LogP contribution >= 0.6 is 23.2 Å². The van der Waals surface area contributed by atoms with Gasteiger partial charge in [-0.05, 0) is 0 Å². The molecule has 0 spiro atoms. The number of alkyl halides is 2. The number of sulfone groups is 1. The second-order valence-electron chi connectivity index (χ2n) is 3.48. The van der Waals surface area contributed by atoms with E-state index in [1.807, 2.05) is 0 Å². The molecule has 0 N–H and O–H groups in total. The molecule has 94 valence electrons. The predicted molar refractivity (Wildman–Crippen MR) is 61.3 cm³/mol. The van der Waals surface area contributed by atoms with E-state index in [-0.39, 0.29) is 24.8 Å². The summed E-state index contributed by atoms with van der Waals surface area (Å²) in [5, 5.41) is 0. The maximum absolute atomic E-state index is 11.4. The Morgan fingerprint density at radius 2 is 2.19 bits per heavy atom. The van der Waals surface area contributed by atoms with Gasteiger partial charge in [-0.1, -0.05) is 30.1 Å². The van der Waals surface area contributed by atoms with Crippen LogP contribution in [0.25, 0.3) is 0 Å². The molecule has 0 radical (unpaired) electrons. The molecule has 1 amide bonds. The lowest BCUT2D eigenvalue weighted by molar-refractivity contribution is -0.129. The molecule has 1 fully saturated rings. The van der Waals surface area contributed by atoms with Gasteiger partial charge >= 0.3 is 0 Å². The highest BCUT2D eigenvalue weighted by molar-refractivity contribution is 7.91. The van der Waals surface area contributed by atoms with Crippen molar-refractivity contribution in [1.82, 2.24) is 4.90 Å². The lowest BCUT2D eigenvalue weighted by Gasteiger charge is -2.14. The molecule has 1 rings (SSSR count). The molecule has 8 heteroatoms. The number of halogens is 2. The van der Waals surface area contributed by atoms with Gasteiger partial charge in [-0.2, -0.15) is 0 Å². The van der Waals surface area contributed by atoms with Crippen molar-refractivity contribution in [2.24, 2.45) is 0 Å². The summed E-state index contributed by atoms with van der Waals surface area (Å²) in [4.78, 5) is 11.5. The Labute approximate surface area is 105 Å². The van der Waals surface area contributed by atoms with Crippen LogP contribution in [0.15, 0.2) is 0 Å². The molecule has 16 heavy (non-hydrogen) atoms. The first kappa shape index (κ1) is 14.0. The van der Waals surface area contributed by atoms with E-state index in [1.165, 1.54) is 4.90 Å². The van der Waals surface area contributed by atoms with Gasteiger partial charge < -0.3 is 9.64 Å². The van der Waals surface area contributed by atoms with Gasteiger partial charge in [0.15, 0.2) is 14.7 Å². The number of hydrogen-bond donors (Lipinski definition) is 0. The Hall–Kier alpha value is -0.0400. The summed E-state index contributed by atoms with van der Waals surface area (Å²) in [5.41, 5.74) is 0. The average molecular weight is 290 g/mol. The Bertz CT molecular complexity index is 357. The monoisotopic (exact) mass is 289 g/mol. The summed E-state index contributed by atoms with van der Waals surface area (Å²) in [6.07, 6.45) is -0.485. The SMILES string of the molecule is CCS(=O)(=O)CC1CN(C(=O)C(Cl)Cl)CO1. The summed E-state index contributed by atoms with van der Waals surface area (Å²) in [7, 11) is -3.10. The fourth-order valence-electron chi connectivity index (χ4n) is 1.34. The van der Waals surface area contributed by atoms with Crippen LogP contribution in [-0.4, -0.2) is 54.9 Å². The summed E-state index contributed by atoms with van der Waals surface area (Å²) in [5.74, 6) is -0.475. The lowest BCUT2D eigenvalue weighted by atomic mass is 10.4. The van der Waals surface area contributed by atoms with E-state index in [1.54, 1.807) is 6.92 Å². The first-order valence-corrected chi connectivity index (χ1v) is 7.44. The molecule has 1 aliphatic rings. The largest absolute Gasteiger partial charge is 0.355 e. The first-order valence-electron chi connectivity index (χ1n) is 4.74. The van der Waals surface area contributed by atoms with E-state index in [0.717, 1.165) is 0 Å². The van der Waals surface area contributed by atoms with Gasteiger partial charge in [0.1, 0.15) is 6.73 Å². The fraction of sp³-hybridized carbons (Fsp3) is 0.875. The van der Waals surface area contributed by atoms with E-state index in [2.05, 4.69) is 0 Å². The van der Waals surface area contributed by atoms with Crippen molar-refractivity contribution in [3.8, 4) is 0 Å². The van der Waals surface area contributed by atoms with E-state index >= 15 is 0 Å². The first-order chi connectivity index (χ1) is 7.35. The second-order valence-corrected chi connectivity index (χ2v) is 6.97. The maximum Gasteiger partial charge on any atom is 0.257 e. The van der Waals surface area contributed by atoms with Crippen LogP contribution in [0.2, 0.25) is 0 Å². The smallest absolute Gasteiger partial charge is 0.257 e. The molecule has 0 saturated carbocycles. The molecule has 1 heterocycles. The van der Waals surface area contributed by atoms with Gasteiger partial charge in [0.05, 0.1) is 18.4 Å². The van der Waals surface area contributed by atoms with Crippen LogP contribution in [0.1, 0.15) is 6.92 Å². The van der Waals surface area contributed by atoms with Gasteiger partial charge in [-0.15, -0.1) is 0 Å². The Balaban J connectivity index is 2.51. The van der Waals surface area contributed by atoms with Gasteiger partial charge in [-0.25, -0.2) is 8.42 Å². The summed E-state index contributed by atoms with van der Waals surface area (Å²) >= 11 is 10.8. The minimum atomic E-state index is -3.10. The Morgan fingerprint density at radius 3 is 2.69 bits per heavy atom. The molecule has 1 aliphatic heterocycles. The van der Waals surface area contributed by atoms with Crippen molar-refractivity contribution >= 4 is 38.9 Å². The normalized spacial score (nSPS) is 21.8. The van der Waals surface area contributed by atoms with Crippen molar-refractivity contribution in [3.05, 3.63) is 0 Å². The number of ether oxygens (including phenoxy) is 1. The molecule has 0 aromatic rings. The van der Waals surface area contributed by atoms with E-state index in [9.17, 15) is 13.2 Å². The molecule has 1 saturated heterocycles. The Morgan fingerprint density at radius 1 is 1.56 bits per heavy atom. The number of nitrogens with zero attached hydrogens (tertiary/aromatic N) is 1. The van der Waals surface area contributed by atoms with Gasteiger partial charge in [0.25, 0.3) is 5.91 Å². The van der Waals surface area contributed by atoms with Crippen LogP contribution in [-0.2, 0) is 19.4 Å². The summed E-state index contributed by atoms with van der Waals surface area (Å²) in [6, 6.07) is 0. The minimum absolute atomic E-state index is 0.0404. The third kappa shape index (κ3) is 3.76. The third-order valence-corrected chi connectivity index (χ3v) is 4.40. The average Bonchev–Trinajstić information content (AvgIpc) is 2.64. The van der Waals surface area contributed by atoms with Gasteiger partial charge in [0.2, 0.25) is 0 Å². The number of carbonyl (C=O) groups is 1. The van der Waals surface area contributed by atoms with Gasteiger partial charge in [0, 0.05) is 5.75 Å². The summed E-state index contributed by atoms with van der Waals surface area (Å²) < 4.78 is 27.8. The quantitative estimate of drug-likeness (QED) is 0.703. The van der Waals surface area contributed by atoms with Crippen LogP contribution in [0.5, 0.6) is 0 Å². The number of rotatable bonds is 4. The molecular formula is C8H13Cl2NO4S. The molecule has 0 bridgehead atoms. The zero-order chi connectivity index (χ0) is 12.3. The highest BCUT2D eigenvalue weighted by Crippen LogP contribution is 2.15. The summed E-state index contributed by atoms with van der Waals surface area (Å²) in [6.45, 7) is 1.83. The highest BCUT2D eigenvalue weighted by atomic mass is 35.5. The van der Waals surface area contributed by atoms with E-state index in [4.69, 9.17) is 27.9 Å². The minimum Gasteiger partial charge on any atom is -0.355 e. The second kappa shape index (κ2) is 5.53. The van der Waals surface area contributed by atoms with Crippen LogP contribution in [0.3, 0.4) is 0 Å². The molecule has 5 nitrogen and oxygen atoms in total. The molecular weight excluding hydrogens is 277 g/mol. The van der Waals surface area contributed by atoms with Crippen molar-refractivity contribution in [3.63, 3.8) is 0 Å². The number of hydrogen-bond acceptors (Lipinski definition) is 4. The topological polar surface area (TPSA) is 63.7 Å². The molecule has 0 aromatic carbocycles. The Kier molecular flexibility index (Phi) is 4.85. The van der Waals surface area contributed by atoms with Crippen LogP contribution < -0.4 is 0 Å². The van der Waals surface area contributed by atoms with Crippen molar-refractivity contribution in [2.45, 2.75) is 17.9 Å². The van der Waals surface area contributed by atoms with Crippen molar-refractivity contribution in [2.75, 3.05) is 24.8 Å². The zero-order valence-corrected chi connectivity index (χ0v) is 11.1. The number of amides is 1. The molecule has 1 unspecified atom stereocenters. The fourth-order valence-corrected chi connectivity index (χ4v) is 2.62. The predicted octanol–water partition coefficient (Wildman–Crippen LogP) is 0.410. The van der Waals surface area contributed by atoms with Gasteiger partial charge in [-0.3, -0.25) is 4.79 Å². The van der Waals surface area contributed by atoms with Crippen LogP contribution in [0, 0.1) is 0 Å². The van der Waals surface area contributed by atoms with E-state index in [0.29, 0.717) is 0 Å². The lowest BCUT2D eigenvalue weighted by Crippen LogP contribution is -2.34.